The molecular weight excluding hydrogens is 342 g/mol. The molecule has 130 valence electrons. The minimum atomic E-state index is -1.04. The Morgan fingerprint density at radius 3 is 2.60 bits per heavy atom. The Balaban J connectivity index is 2.00. The molecule has 0 unspecified atom stereocenters. The highest BCUT2D eigenvalue weighted by molar-refractivity contribution is 6.33. The second-order valence-corrected chi connectivity index (χ2v) is 6.75. The van der Waals surface area contributed by atoms with Crippen molar-refractivity contribution < 1.29 is 14.7 Å². The number of carbonyl (C=O) groups excluding carboxylic acids is 1. The maximum Gasteiger partial charge on any atom is 0.326 e. The number of fused-ring (bicyclic) bond motifs is 1. The molecule has 1 aromatic carbocycles. The molecule has 1 aliphatic heterocycles. The first-order valence-corrected chi connectivity index (χ1v) is 8.39. The summed E-state index contributed by atoms with van der Waals surface area (Å²) >= 11 is 6.12. The Kier molecular flexibility index (Phi) is 4.72. The molecule has 7 heteroatoms. The Labute approximate surface area is 150 Å². The molecule has 1 aromatic heterocycles. The summed E-state index contributed by atoms with van der Waals surface area (Å²) in [5.41, 5.74) is 1.92. The summed E-state index contributed by atoms with van der Waals surface area (Å²) in [6, 6.07) is 6.58. The lowest BCUT2D eigenvalue weighted by atomic mass is 9.93. The molecule has 0 radical (unpaired) electrons. The van der Waals surface area contributed by atoms with E-state index < -0.39 is 17.9 Å². The molecule has 6 nitrogen and oxygen atoms in total. The fraction of sp³-hybridized carbons (Fsp3) is 0.333. The van der Waals surface area contributed by atoms with Crippen LogP contribution < -0.4 is 0 Å². The first-order chi connectivity index (χ1) is 11.9. The van der Waals surface area contributed by atoms with Gasteiger partial charge in [-0.25, -0.2) is 14.8 Å². The van der Waals surface area contributed by atoms with Crippen LogP contribution in [-0.4, -0.2) is 37.9 Å². The van der Waals surface area contributed by atoms with Crippen molar-refractivity contribution in [2.75, 3.05) is 0 Å². The number of aliphatic carboxylic acids is 1. The van der Waals surface area contributed by atoms with E-state index in [4.69, 9.17) is 11.6 Å². The highest BCUT2D eigenvalue weighted by Crippen LogP contribution is 2.27. The summed E-state index contributed by atoms with van der Waals surface area (Å²) in [5, 5.41) is 9.71. The average Bonchev–Trinajstić information content (AvgIpc) is 2.60. The van der Waals surface area contributed by atoms with E-state index >= 15 is 0 Å². The van der Waals surface area contributed by atoms with Crippen LogP contribution in [0.3, 0.4) is 0 Å². The molecule has 2 aromatic rings. The summed E-state index contributed by atoms with van der Waals surface area (Å²) in [4.78, 5) is 34.4. The summed E-state index contributed by atoms with van der Waals surface area (Å²) in [5.74, 6) is -1.01. The van der Waals surface area contributed by atoms with E-state index in [1.165, 1.54) is 11.1 Å². The van der Waals surface area contributed by atoms with Crippen LogP contribution in [0.15, 0.2) is 30.5 Å². The SMILES string of the molecule is CC(C)c1ncc(Cl)c(C(=O)N2Cc3ccccc3C[C@@H]2C(=O)O)n1. The van der Waals surface area contributed by atoms with Gasteiger partial charge in [0.05, 0.1) is 11.2 Å². The van der Waals surface area contributed by atoms with E-state index in [0.717, 1.165) is 11.1 Å². The van der Waals surface area contributed by atoms with E-state index in [1.807, 2.05) is 38.1 Å². The number of nitrogens with zero attached hydrogens (tertiary/aromatic N) is 3. The van der Waals surface area contributed by atoms with Gasteiger partial charge in [0, 0.05) is 18.9 Å². The largest absolute Gasteiger partial charge is 0.480 e. The molecule has 1 N–H and O–H groups in total. The predicted octanol–water partition coefficient (Wildman–Crippen LogP) is 2.91. The van der Waals surface area contributed by atoms with Gasteiger partial charge in [0.1, 0.15) is 11.9 Å². The van der Waals surface area contributed by atoms with Crippen molar-refractivity contribution in [3.8, 4) is 0 Å². The quantitative estimate of drug-likeness (QED) is 0.911. The zero-order valence-corrected chi connectivity index (χ0v) is 14.7. The number of carbonyl (C=O) groups is 2. The molecule has 1 atom stereocenters. The van der Waals surface area contributed by atoms with E-state index in [2.05, 4.69) is 9.97 Å². The van der Waals surface area contributed by atoms with Gasteiger partial charge in [0.2, 0.25) is 0 Å². The van der Waals surface area contributed by atoms with E-state index in [1.54, 1.807) is 0 Å². The number of aromatic nitrogens is 2. The number of carboxylic acid groups (broad SMARTS) is 1. The van der Waals surface area contributed by atoms with E-state index in [-0.39, 0.29) is 29.6 Å². The van der Waals surface area contributed by atoms with Gasteiger partial charge >= 0.3 is 5.97 Å². The van der Waals surface area contributed by atoms with Crippen molar-refractivity contribution in [3.63, 3.8) is 0 Å². The van der Waals surface area contributed by atoms with Gasteiger partial charge < -0.3 is 10.0 Å². The summed E-state index contributed by atoms with van der Waals surface area (Å²) in [6.07, 6.45) is 1.65. The molecule has 0 saturated carbocycles. The molecule has 1 amide bonds. The van der Waals surface area contributed by atoms with Gasteiger partial charge in [0.15, 0.2) is 5.69 Å². The summed E-state index contributed by atoms with van der Waals surface area (Å²) in [7, 11) is 0. The Morgan fingerprint density at radius 1 is 1.28 bits per heavy atom. The molecular formula is C18H18ClN3O3. The van der Waals surface area contributed by atoms with Gasteiger partial charge in [-0.05, 0) is 11.1 Å². The number of halogens is 1. The molecule has 25 heavy (non-hydrogen) atoms. The van der Waals surface area contributed by atoms with E-state index in [0.29, 0.717) is 5.82 Å². The molecule has 0 fully saturated rings. The Bertz CT molecular complexity index is 838. The number of hydrogen-bond acceptors (Lipinski definition) is 4. The predicted molar refractivity (Wildman–Crippen MR) is 92.6 cm³/mol. The molecule has 0 aliphatic carbocycles. The number of hydrogen-bond donors (Lipinski definition) is 1. The van der Waals surface area contributed by atoms with Crippen LogP contribution in [0, 0.1) is 0 Å². The smallest absolute Gasteiger partial charge is 0.326 e. The molecule has 3 rings (SSSR count). The van der Waals surface area contributed by atoms with Gasteiger partial charge in [-0.1, -0.05) is 49.7 Å². The zero-order chi connectivity index (χ0) is 18.1. The van der Waals surface area contributed by atoms with Crippen LogP contribution in [-0.2, 0) is 17.8 Å². The standard InChI is InChI=1S/C18H18ClN3O3/c1-10(2)16-20-8-13(19)15(21-16)17(23)22-9-12-6-4-3-5-11(12)7-14(22)18(24)25/h3-6,8,10,14H,7,9H2,1-2H3,(H,24,25)/t14-/m1/s1. The molecule has 2 heterocycles. The lowest BCUT2D eigenvalue weighted by molar-refractivity contribution is -0.142. The van der Waals surface area contributed by atoms with Crippen LogP contribution >= 0.6 is 11.6 Å². The van der Waals surface area contributed by atoms with Crippen LogP contribution in [0.4, 0.5) is 0 Å². The number of benzene rings is 1. The van der Waals surface area contributed by atoms with Crippen LogP contribution in [0.25, 0.3) is 0 Å². The van der Waals surface area contributed by atoms with E-state index in [9.17, 15) is 14.7 Å². The highest BCUT2D eigenvalue weighted by Gasteiger charge is 2.36. The third kappa shape index (κ3) is 3.35. The maximum absolute atomic E-state index is 13.0. The first-order valence-electron chi connectivity index (χ1n) is 8.01. The monoisotopic (exact) mass is 359 g/mol. The van der Waals surface area contributed by atoms with Crippen molar-refractivity contribution in [2.24, 2.45) is 0 Å². The minimum Gasteiger partial charge on any atom is -0.480 e. The normalized spacial score (nSPS) is 16.6. The van der Waals surface area contributed by atoms with Gasteiger partial charge in [-0.15, -0.1) is 0 Å². The topological polar surface area (TPSA) is 83.4 Å². The zero-order valence-electron chi connectivity index (χ0n) is 13.9. The minimum absolute atomic E-state index is 0.0289. The van der Waals surface area contributed by atoms with Crippen molar-refractivity contribution in [3.05, 3.63) is 58.1 Å². The fourth-order valence-electron chi connectivity index (χ4n) is 2.90. The third-order valence-electron chi connectivity index (χ3n) is 4.28. The number of amides is 1. The molecule has 1 aliphatic rings. The molecule has 0 bridgehead atoms. The maximum atomic E-state index is 13.0. The summed E-state index contributed by atoms with van der Waals surface area (Å²) < 4.78 is 0. The van der Waals surface area contributed by atoms with Crippen LogP contribution in [0.2, 0.25) is 5.02 Å². The van der Waals surface area contributed by atoms with Crippen molar-refractivity contribution >= 4 is 23.5 Å². The van der Waals surface area contributed by atoms with Crippen LogP contribution in [0.5, 0.6) is 0 Å². The lowest BCUT2D eigenvalue weighted by Crippen LogP contribution is -2.49. The van der Waals surface area contributed by atoms with Gasteiger partial charge in [-0.2, -0.15) is 0 Å². The Hall–Kier alpha value is -2.47. The fourth-order valence-corrected chi connectivity index (χ4v) is 3.07. The first kappa shape index (κ1) is 17.4. The van der Waals surface area contributed by atoms with Gasteiger partial charge in [-0.3, -0.25) is 4.79 Å². The highest BCUT2D eigenvalue weighted by atomic mass is 35.5. The van der Waals surface area contributed by atoms with Gasteiger partial charge in [0.25, 0.3) is 5.91 Å². The average molecular weight is 360 g/mol. The van der Waals surface area contributed by atoms with Crippen molar-refractivity contribution in [1.82, 2.24) is 14.9 Å². The number of carboxylic acids is 1. The van der Waals surface area contributed by atoms with Crippen molar-refractivity contribution in [2.45, 2.75) is 38.8 Å². The van der Waals surface area contributed by atoms with Crippen molar-refractivity contribution in [1.29, 1.82) is 0 Å². The molecule has 0 saturated heterocycles. The second-order valence-electron chi connectivity index (χ2n) is 6.34. The number of rotatable bonds is 3. The lowest BCUT2D eigenvalue weighted by Gasteiger charge is -2.34. The molecule has 0 spiro atoms. The second kappa shape index (κ2) is 6.80. The summed E-state index contributed by atoms with van der Waals surface area (Å²) in [6.45, 7) is 4.03. The van der Waals surface area contributed by atoms with Crippen LogP contribution in [0.1, 0.15) is 47.2 Å². The third-order valence-corrected chi connectivity index (χ3v) is 4.55. The Morgan fingerprint density at radius 2 is 1.96 bits per heavy atom.